The molecule has 12 heteroatoms. The average molecular weight is 434 g/mol. The maximum atomic E-state index is 12.9. The van der Waals surface area contributed by atoms with E-state index in [0.29, 0.717) is 12.8 Å². The largest absolute Gasteiger partial charge is 0.394 e. The number of sulfone groups is 1. The first-order valence-electron chi connectivity index (χ1n) is 9.28. The number of amides is 2. The smallest absolute Gasteiger partial charge is 0.248 e. The van der Waals surface area contributed by atoms with Crippen molar-refractivity contribution in [2.45, 2.75) is 32.7 Å². The molecule has 1 rings (SSSR count). The van der Waals surface area contributed by atoms with Gasteiger partial charge in [0.25, 0.3) is 0 Å². The number of hydroxylamine groups is 1. The molecule has 0 aliphatic carbocycles. The van der Waals surface area contributed by atoms with Crippen LogP contribution in [0.2, 0.25) is 0 Å². The molecule has 0 aromatic carbocycles. The molecule has 166 valence electrons. The minimum Gasteiger partial charge on any atom is -0.394 e. The Kier molecular flexibility index (Phi) is 10.2. The fraction of sp³-hybridized carbons (Fsp3) is 0.706. The quantitative estimate of drug-likeness (QED) is 0.166. The number of aromatic amines is 1. The van der Waals surface area contributed by atoms with Crippen LogP contribution < -0.4 is 16.1 Å². The molecule has 0 aliphatic rings. The first-order chi connectivity index (χ1) is 13.6. The van der Waals surface area contributed by atoms with Gasteiger partial charge in [0.2, 0.25) is 11.8 Å². The Bertz CT molecular complexity index is 738. The van der Waals surface area contributed by atoms with E-state index in [0.717, 1.165) is 11.9 Å². The molecule has 29 heavy (non-hydrogen) atoms. The number of nitrogens with one attached hydrogen (secondary N) is 4. The molecule has 2 amide bonds. The summed E-state index contributed by atoms with van der Waals surface area (Å²) in [6, 6.07) is -0.598. The number of aliphatic hydroxyl groups excluding tert-OH is 1. The Morgan fingerprint density at radius 2 is 1.93 bits per heavy atom. The SMILES string of the molecule is CC(C)C[C@@H](C(=O)N[C@H](CO)Cc1cnc[nH]1)[C@@H](CNCS(C)(=O)=O)C(=O)NO. The van der Waals surface area contributed by atoms with Crippen molar-refractivity contribution in [3.05, 3.63) is 18.2 Å². The highest BCUT2D eigenvalue weighted by atomic mass is 32.2. The molecular weight excluding hydrogens is 402 g/mol. The van der Waals surface area contributed by atoms with Gasteiger partial charge in [0.05, 0.1) is 36.7 Å². The van der Waals surface area contributed by atoms with E-state index in [1.807, 2.05) is 13.8 Å². The first-order valence-corrected chi connectivity index (χ1v) is 11.3. The maximum Gasteiger partial charge on any atom is 0.248 e. The molecule has 1 heterocycles. The monoisotopic (exact) mass is 433 g/mol. The van der Waals surface area contributed by atoms with Crippen LogP contribution >= 0.6 is 0 Å². The Labute approximate surface area is 170 Å². The van der Waals surface area contributed by atoms with Crippen molar-refractivity contribution in [2.24, 2.45) is 17.8 Å². The molecule has 0 unspecified atom stereocenters. The highest BCUT2D eigenvalue weighted by molar-refractivity contribution is 7.90. The minimum absolute atomic E-state index is 0.0508. The number of carbonyl (C=O) groups excluding carboxylic acids is 2. The molecule has 0 saturated heterocycles. The normalized spacial score (nSPS) is 15.0. The van der Waals surface area contributed by atoms with Crippen LogP contribution in [0.3, 0.4) is 0 Å². The fourth-order valence-electron chi connectivity index (χ4n) is 2.99. The first kappa shape index (κ1) is 25.0. The van der Waals surface area contributed by atoms with Crippen molar-refractivity contribution in [3.63, 3.8) is 0 Å². The third-order valence-electron chi connectivity index (χ3n) is 4.31. The lowest BCUT2D eigenvalue weighted by molar-refractivity contribution is -0.141. The van der Waals surface area contributed by atoms with Crippen LogP contribution in [0.15, 0.2) is 12.5 Å². The van der Waals surface area contributed by atoms with Crippen LogP contribution in [0.4, 0.5) is 0 Å². The molecule has 11 nitrogen and oxygen atoms in total. The van der Waals surface area contributed by atoms with E-state index < -0.39 is 39.5 Å². The van der Waals surface area contributed by atoms with Gasteiger partial charge in [-0.3, -0.25) is 14.8 Å². The van der Waals surface area contributed by atoms with Crippen LogP contribution in [0.5, 0.6) is 0 Å². The summed E-state index contributed by atoms with van der Waals surface area (Å²) in [6.45, 7) is 3.33. The molecule has 1 aromatic rings. The summed E-state index contributed by atoms with van der Waals surface area (Å²) in [4.78, 5) is 31.9. The van der Waals surface area contributed by atoms with Gasteiger partial charge in [0.15, 0.2) is 9.84 Å². The van der Waals surface area contributed by atoms with Gasteiger partial charge in [-0.15, -0.1) is 0 Å². The van der Waals surface area contributed by atoms with E-state index in [2.05, 4.69) is 20.6 Å². The van der Waals surface area contributed by atoms with Gasteiger partial charge in [-0.2, -0.15) is 0 Å². The maximum absolute atomic E-state index is 12.9. The van der Waals surface area contributed by atoms with Gasteiger partial charge < -0.3 is 20.7 Å². The predicted octanol–water partition coefficient (Wildman–Crippen LogP) is -1.20. The Morgan fingerprint density at radius 1 is 1.24 bits per heavy atom. The highest BCUT2D eigenvalue weighted by Crippen LogP contribution is 2.22. The lowest BCUT2D eigenvalue weighted by Crippen LogP contribution is -2.49. The molecular formula is C17H31N5O6S. The van der Waals surface area contributed by atoms with E-state index in [4.69, 9.17) is 5.21 Å². The standard InChI is InChI=1S/C17H31N5O6S/c1-11(2)4-14(15(17(25)22-26)7-19-10-29(3,27)28)16(24)21-13(8-23)5-12-6-18-9-20-12/h6,9,11,13-15,19,23,26H,4-5,7-8,10H2,1-3H3,(H,18,20)(H,21,24)(H,22,25)/t13-,14+,15+/m0/s1. The van der Waals surface area contributed by atoms with Gasteiger partial charge in [-0.05, 0) is 12.3 Å². The number of rotatable bonds is 13. The van der Waals surface area contributed by atoms with Crippen molar-refractivity contribution in [1.29, 1.82) is 0 Å². The summed E-state index contributed by atoms with van der Waals surface area (Å²) < 4.78 is 22.7. The van der Waals surface area contributed by atoms with Gasteiger partial charge in [0.1, 0.15) is 0 Å². The number of carbonyl (C=O) groups is 2. The minimum atomic E-state index is -3.32. The van der Waals surface area contributed by atoms with Crippen LogP contribution in [-0.2, 0) is 25.8 Å². The fourth-order valence-corrected chi connectivity index (χ4v) is 3.48. The van der Waals surface area contributed by atoms with Crippen LogP contribution in [0, 0.1) is 17.8 Å². The molecule has 0 spiro atoms. The second-order valence-corrected chi connectivity index (χ2v) is 9.65. The molecule has 0 radical (unpaired) electrons. The lowest BCUT2D eigenvalue weighted by atomic mass is 9.83. The van der Waals surface area contributed by atoms with E-state index in [1.165, 1.54) is 6.33 Å². The number of hydrogen-bond donors (Lipinski definition) is 6. The second-order valence-electron chi connectivity index (χ2n) is 7.51. The third-order valence-corrected chi connectivity index (χ3v) is 5.04. The van der Waals surface area contributed by atoms with E-state index in [9.17, 15) is 23.1 Å². The Balaban J connectivity index is 2.95. The lowest BCUT2D eigenvalue weighted by Gasteiger charge is -2.28. The summed E-state index contributed by atoms with van der Waals surface area (Å²) in [5.74, 6) is -3.42. The number of imidazole rings is 1. The van der Waals surface area contributed by atoms with Gasteiger partial charge >= 0.3 is 0 Å². The number of hydrogen-bond acceptors (Lipinski definition) is 8. The van der Waals surface area contributed by atoms with Crippen LogP contribution in [0.25, 0.3) is 0 Å². The zero-order valence-electron chi connectivity index (χ0n) is 16.9. The molecule has 0 fully saturated rings. The van der Waals surface area contributed by atoms with Crippen molar-refractivity contribution in [1.82, 2.24) is 26.1 Å². The zero-order valence-corrected chi connectivity index (χ0v) is 17.7. The van der Waals surface area contributed by atoms with Crippen LogP contribution in [-0.4, -0.2) is 71.8 Å². The Hall–Kier alpha value is -2.02. The highest BCUT2D eigenvalue weighted by Gasteiger charge is 2.35. The van der Waals surface area contributed by atoms with Gasteiger partial charge in [-0.1, -0.05) is 13.8 Å². The molecule has 6 N–H and O–H groups in total. The average Bonchev–Trinajstić information content (AvgIpc) is 3.14. The second kappa shape index (κ2) is 11.9. The molecule has 0 saturated carbocycles. The van der Waals surface area contributed by atoms with Crippen molar-refractivity contribution >= 4 is 21.7 Å². The summed E-state index contributed by atoms with van der Waals surface area (Å²) in [5, 5.41) is 24.1. The van der Waals surface area contributed by atoms with Crippen molar-refractivity contribution in [2.75, 3.05) is 25.3 Å². The van der Waals surface area contributed by atoms with Crippen molar-refractivity contribution < 1.29 is 28.3 Å². The zero-order chi connectivity index (χ0) is 22.0. The topological polar surface area (TPSA) is 174 Å². The number of aliphatic hydroxyl groups is 1. The molecule has 0 bridgehead atoms. The molecule has 3 atom stereocenters. The van der Waals surface area contributed by atoms with E-state index in [-0.39, 0.29) is 24.9 Å². The summed E-state index contributed by atoms with van der Waals surface area (Å²) in [5.41, 5.74) is 2.28. The third kappa shape index (κ3) is 9.35. The predicted molar refractivity (Wildman–Crippen MR) is 105 cm³/mol. The van der Waals surface area contributed by atoms with Crippen LogP contribution in [0.1, 0.15) is 26.0 Å². The van der Waals surface area contributed by atoms with E-state index in [1.54, 1.807) is 11.7 Å². The van der Waals surface area contributed by atoms with Gasteiger partial charge in [0, 0.05) is 31.1 Å². The number of nitrogens with zero attached hydrogens (tertiary/aromatic N) is 1. The molecule has 1 aromatic heterocycles. The number of H-pyrrole nitrogens is 1. The Morgan fingerprint density at radius 3 is 2.41 bits per heavy atom. The summed E-state index contributed by atoms with van der Waals surface area (Å²) in [7, 11) is -3.32. The van der Waals surface area contributed by atoms with E-state index >= 15 is 0 Å². The number of aromatic nitrogens is 2. The van der Waals surface area contributed by atoms with Crippen molar-refractivity contribution in [3.8, 4) is 0 Å². The summed E-state index contributed by atoms with van der Waals surface area (Å²) in [6.07, 6.45) is 4.76. The van der Waals surface area contributed by atoms with Gasteiger partial charge in [-0.25, -0.2) is 18.9 Å². The molecule has 0 aliphatic heterocycles. The summed E-state index contributed by atoms with van der Waals surface area (Å²) >= 11 is 0.